The van der Waals surface area contributed by atoms with Gasteiger partial charge in [0.2, 0.25) is 0 Å². The summed E-state index contributed by atoms with van der Waals surface area (Å²) in [6.45, 7) is 3.29. The first kappa shape index (κ1) is 11.6. The van der Waals surface area contributed by atoms with Gasteiger partial charge < -0.3 is 5.32 Å². The molecule has 74 valence electrons. The van der Waals surface area contributed by atoms with Gasteiger partial charge in [-0.15, -0.1) is 11.3 Å². The van der Waals surface area contributed by atoms with Crippen LogP contribution in [0, 0.1) is 0 Å². The van der Waals surface area contributed by atoms with E-state index in [1.807, 2.05) is 11.8 Å². The molecule has 0 bridgehead atoms. The summed E-state index contributed by atoms with van der Waals surface area (Å²) in [6, 6.07) is 4.75. The van der Waals surface area contributed by atoms with E-state index in [9.17, 15) is 0 Å². The van der Waals surface area contributed by atoms with Crippen LogP contribution in [0.4, 0.5) is 0 Å². The van der Waals surface area contributed by atoms with Crippen molar-refractivity contribution in [2.24, 2.45) is 0 Å². The number of halogens is 1. The number of thiophene rings is 1. The van der Waals surface area contributed by atoms with Crippen LogP contribution in [0.25, 0.3) is 0 Å². The lowest BCUT2D eigenvalue weighted by atomic mass is 10.3. The average Bonchev–Trinajstić information content (AvgIpc) is 2.52. The van der Waals surface area contributed by atoms with E-state index in [-0.39, 0.29) is 0 Å². The van der Waals surface area contributed by atoms with Gasteiger partial charge in [0, 0.05) is 23.2 Å². The van der Waals surface area contributed by atoms with Gasteiger partial charge in [-0.2, -0.15) is 11.8 Å². The highest BCUT2D eigenvalue weighted by Crippen LogP contribution is 2.26. The highest BCUT2D eigenvalue weighted by atomic mass is 79.9. The summed E-state index contributed by atoms with van der Waals surface area (Å²) < 4.78 is 1.21. The van der Waals surface area contributed by atoms with Crippen LogP contribution in [-0.2, 0) is 0 Å². The maximum absolute atomic E-state index is 3.48. The van der Waals surface area contributed by atoms with Gasteiger partial charge in [-0.1, -0.05) is 0 Å². The normalized spacial score (nSPS) is 13.2. The zero-order chi connectivity index (χ0) is 9.68. The summed E-state index contributed by atoms with van der Waals surface area (Å²) in [4.78, 5) is 1.40. The fraction of sp³-hybridized carbons (Fsp3) is 0.556. The number of rotatable bonds is 5. The Morgan fingerprint density at radius 1 is 1.62 bits per heavy atom. The largest absolute Gasteiger partial charge is 0.309 e. The van der Waals surface area contributed by atoms with Crippen molar-refractivity contribution >= 4 is 39.0 Å². The van der Waals surface area contributed by atoms with Gasteiger partial charge in [-0.05, 0) is 41.2 Å². The maximum Gasteiger partial charge on any atom is 0.0701 e. The van der Waals surface area contributed by atoms with E-state index in [4.69, 9.17) is 0 Å². The van der Waals surface area contributed by atoms with Crippen molar-refractivity contribution in [1.82, 2.24) is 5.32 Å². The molecule has 0 aromatic carbocycles. The smallest absolute Gasteiger partial charge is 0.0701 e. The molecule has 0 spiro atoms. The molecular formula is C9H14BrNS2. The van der Waals surface area contributed by atoms with Gasteiger partial charge in [0.15, 0.2) is 0 Å². The zero-order valence-electron chi connectivity index (χ0n) is 7.84. The number of nitrogens with one attached hydrogen (secondary N) is 1. The summed E-state index contributed by atoms with van der Waals surface area (Å²) in [5.74, 6) is 1.18. The Morgan fingerprint density at radius 3 is 2.92 bits per heavy atom. The highest BCUT2D eigenvalue weighted by molar-refractivity contribution is 9.11. The molecule has 0 aliphatic heterocycles. The predicted molar refractivity (Wildman–Crippen MR) is 66.8 cm³/mol. The van der Waals surface area contributed by atoms with Gasteiger partial charge >= 0.3 is 0 Å². The molecule has 1 aromatic rings. The number of hydrogen-bond acceptors (Lipinski definition) is 3. The molecule has 0 saturated carbocycles. The van der Waals surface area contributed by atoms with Crippen LogP contribution in [0.2, 0.25) is 0 Å². The molecular weight excluding hydrogens is 266 g/mol. The summed E-state index contributed by atoms with van der Waals surface area (Å²) in [5.41, 5.74) is 0. The lowest BCUT2D eigenvalue weighted by Gasteiger charge is -2.10. The van der Waals surface area contributed by atoms with E-state index in [1.165, 1.54) is 14.4 Å². The third-order valence-corrected chi connectivity index (χ3v) is 4.20. The molecule has 1 atom stereocenters. The van der Waals surface area contributed by atoms with Gasteiger partial charge in [0.1, 0.15) is 0 Å². The Balaban J connectivity index is 2.35. The van der Waals surface area contributed by atoms with E-state index < -0.39 is 0 Å². The topological polar surface area (TPSA) is 12.0 Å². The average molecular weight is 280 g/mol. The molecule has 0 fully saturated rings. The quantitative estimate of drug-likeness (QED) is 0.828. The lowest BCUT2D eigenvalue weighted by Crippen LogP contribution is -2.20. The van der Waals surface area contributed by atoms with Crippen molar-refractivity contribution in [3.63, 3.8) is 0 Å². The Bertz CT molecular complexity index is 250. The lowest BCUT2D eigenvalue weighted by molar-refractivity contribution is 0.610. The first-order valence-electron chi connectivity index (χ1n) is 4.21. The fourth-order valence-corrected chi connectivity index (χ4v) is 2.81. The van der Waals surface area contributed by atoms with E-state index in [0.29, 0.717) is 6.04 Å². The van der Waals surface area contributed by atoms with E-state index >= 15 is 0 Å². The van der Waals surface area contributed by atoms with Crippen LogP contribution >= 0.6 is 39.0 Å². The first-order chi connectivity index (χ1) is 6.24. The van der Waals surface area contributed by atoms with Crippen LogP contribution in [0.15, 0.2) is 15.9 Å². The van der Waals surface area contributed by atoms with E-state index in [0.717, 1.165) is 6.54 Å². The van der Waals surface area contributed by atoms with Gasteiger partial charge in [-0.3, -0.25) is 0 Å². The van der Waals surface area contributed by atoms with Crippen molar-refractivity contribution in [2.75, 3.05) is 18.6 Å². The maximum atomic E-state index is 3.48. The molecule has 13 heavy (non-hydrogen) atoms. The predicted octanol–water partition coefficient (Wildman–Crippen LogP) is 3.52. The minimum atomic E-state index is 0.475. The molecule has 1 heterocycles. The second-order valence-electron chi connectivity index (χ2n) is 2.81. The molecule has 1 nitrogen and oxygen atoms in total. The third kappa shape index (κ3) is 4.02. The second-order valence-corrected chi connectivity index (χ2v) is 6.29. The third-order valence-electron chi connectivity index (χ3n) is 1.78. The molecule has 1 unspecified atom stereocenters. The number of hydrogen-bond donors (Lipinski definition) is 1. The molecule has 0 saturated heterocycles. The summed E-state index contributed by atoms with van der Waals surface area (Å²) >= 11 is 7.15. The van der Waals surface area contributed by atoms with Crippen LogP contribution in [0.3, 0.4) is 0 Å². The molecule has 4 heteroatoms. The minimum absolute atomic E-state index is 0.475. The van der Waals surface area contributed by atoms with Crippen molar-refractivity contribution in [3.05, 3.63) is 20.8 Å². The monoisotopic (exact) mass is 279 g/mol. The van der Waals surface area contributed by atoms with Crippen molar-refractivity contribution < 1.29 is 0 Å². The molecule has 0 aliphatic rings. The van der Waals surface area contributed by atoms with Crippen molar-refractivity contribution in [2.45, 2.75) is 13.0 Å². The standard InChI is InChI=1S/C9H14BrNS2/c1-7(11-5-6-12-2)8-3-4-9(10)13-8/h3-4,7,11H,5-6H2,1-2H3. The highest BCUT2D eigenvalue weighted by Gasteiger charge is 2.06. The Labute approximate surface area is 96.4 Å². The zero-order valence-corrected chi connectivity index (χ0v) is 11.1. The molecule has 0 amide bonds. The van der Waals surface area contributed by atoms with E-state index in [1.54, 1.807) is 11.3 Å². The fourth-order valence-electron chi connectivity index (χ4n) is 1.04. The van der Waals surface area contributed by atoms with Gasteiger partial charge in [0.25, 0.3) is 0 Å². The number of thioether (sulfide) groups is 1. The molecule has 1 aromatic heterocycles. The van der Waals surface area contributed by atoms with Crippen LogP contribution < -0.4 is 5.32 Å². The summed E-state index contributed by atoms with van der Waals surface area (Å²) in [6.07, 6.45) is 2.13. The molecule has 0 aliphatic carbocycles. The Morgan fingerprint density at radius 2 is 2.38 bits per heavy atom. The summed E-state index contributed by atoms with van der Waals surface area (Å²) in [5, 5.41) is 3.48. The summed E-state index contributed by atoms with van der Waals surface area (Å²) in [7, 11) is 0. The van der Waals surface area contributed by atoms with Crippen LogP contribution in [0.5, 0.6) is 0 Å². The van der Waals surface area contributed by atoms with Crippen molar-refractivity contribution in [1.29, 1.82) is 0 Å². The first-order valence-corrected chi connectivity index (χ1v) is 7.22. The second kappa shape index (κ2) is 6.06. The van der Waals surface area contributed by atoms with Crippen LogP contribution in [0.1, 0.15) is 17.8 Å². The minimum Gasteiger partial charge on any atom is -0.309 e. The van der Waals surface area contributed by atoms with Gasteiger partial charge in [-0.25, -0.2) is 0 Å². The van der Waals surface area contributed by atoms with E-state index in [2.05, 4.69) is 46.6 Å². The Hall–Kier alpha value is 0.490. The van der Waals surface area contributed by atoms with Gasteiger partial charge in [0.05, 0.1) is 3.79 Å². The molecule has 1 N–H and O–H groups in total. The van der Waals surface area contributed by atoms with Crippen LogP contribution in [-0.4, -0.2) is 18.6 Å². The van der Waals surface area contributed by atoms with Crippen molar-refractivity contribution in [3.8, 4) is 0 Å². The SMILES string of the molecule is CSCCNC(C)c1ccc(Br)s1. The molecule has 1 rings (SSSR count). The Kier molecular flexibility index (Phi) is 5.39. The molecule has 0 radical (unpaired) electrons.